The molecule has 2 aromatic rings. The molecular weight excluding hydrogens is 434 g/mol. The van der Waals surface area contributed by atoms with Crippen LogP contribution in [0.4, 0.5) is 5.69 Å². The number of benzene rings is 2. The molecule has 2 atom stereocenters. The maximum Gasteiger partial charge on any atom is 0.256 e. The summed E-state index contributed by atoms with van der Waals surface area (Å²) in [4.78, 5) is 26.5. The standard InChI is InChI=1S/C24H28ClNO6/c1-24(2,14-28)13-26-18-9-8-15(25)12-17(18)21(32-20(10-11-27)23(26)29)16-6-5-7-19(30-3)22(16)31-4/h5-9,11-12,20-21,28H,10,13-14H2,1-4H3/t20?,21-/m1/s1. The van der Waals surface area contributed by atoms with Crippen LogP contribution < -0.4 is 14.4 Å². The first kappa shape index (κ1) is 24.0. The second kappa shape index (κ2) is 9.90. The van der Waals surface area contributed by atoms with Crippen LogP contribution in [0.5, 0.6) is 11.5 Å². The van der Waals surface area contributed by atoms with Gasteiger partial charge in [-0.25, -0.2) is 0 Å². The number of carbonyl (C=O) groups is 2. The van der Waals surface area contributed by atoms with E-state index in [1.807, 2.05) is 19.9 Å². The summed E-state index contributed by atoms with van der Waals surface area (Å²) in [6, 6.07) is 10.6. The van der Waals surface area contributed by atoms with E-state index in [4.69, 9.17) is 25.8 Å². The second-order valence-corrected chi connectivity index (χ2v) is 8.88. The van der Waals surface area contributed by atoms with Crippen molar-refractivity contribution in [3.63, 3.8) is 0 Å². The number of para-hydroxylation sites is 1. The quantitative estimate of drug-likeness (QED) is 0.602. The molecular formula is C24H28ClNO6. The predicted molar refractivity (Wildman–Crippen MR) is 122 cm³/mol. The average Bonchev–Trinajstić information content (AvgIpc) is 2.88. The molecule has 0 saturated heterocycles. The maximum absolute atomic E-state index is 13.5. The molecule has 1 N–H and O–H groups in total. The van der Waals surface area contributed by atoms with E-state index < -0.39 is 17.6 Å². The van der Waals surface area contributed by atoms with Gasteiger partial charge in [-0.05, 0) is 24.3 Å². The van der Waals surface area contributed by atoms with Crippen molar-refractivity contribution in [1.29, 1.82) is 0 Å². The van der Waals surface area contributed by atoms with Crippen molar-refractivity contribution < 1.29 is 28.9 Å². The van der Waals surface area contributed by atoms with Gasteiger partial charge < -0.3 is 29.0 Å². The van der Waals surface area contributed by atoms with Crippen molar-refractivity contribution in [2.24, 2.45) is 5.41 Å². The van der Waals surface area contributed by atoms with Gasteiger partial charge in [0.2, 0.25) is 0 Å². The van der Waals surface area contributed by atoms with Crippen LogP contribution >= 0.6 is 11.6 Å². The van der Waals surface area contributed by atoms with Gasteiger partial charge in [-0.15, -0.1) is 0 Å². The van der Waals surface area contributed by atoms with Gasteiger partial charge in [0.1, 0.15) is 18.5 Å². The third-order valence-electron chi connectivity index (χ3n) is 5.45. The van der Waals surface area contributed by atoms with Gasteiger partial charge in [0.25, 0.3) is 5.91 Å². The molecule has 1 heterocycles. The van der Waals surface area contributed by atoms with Crippen molar-refractivity contribution in [3.05, 3.63) is 52.5 Å². The molecule has 0 bridgehead atoms. The van der Waals surface area contributed by atoms with Crippen molar-refractivity contribution >= 4 is 29.5 Å². The molecule has 0 spiro atoms. The normalized spacial score (nSPS) is 18.7. The van der Waals surface area contributed by atoms with Crippen LogP contribution in [-0.2, 0) is 14.3 Å². The average molecular weight is 462 g/mol. The number of methoxy groups -OCH3 is 2. The molecule has 8 heteroatoms. The molecule has 2 aromatic carbocycles. The molecule has 172 valence electrons. The van der Waals surface area contributed by atoms with Gasteiger partial charge in [-0.3, -0.25) is 4.79 Å². The monoisotopic (exact) mass is 461 g/mol. The fourth-order valence-corrected chi connectivity index (χ4v) is 3.99. The highest BCUT2D eigenvalue weighted by Crippen LogP contribution is 2.45. The van der Waals surface area contributed by atoms with Crippen molar-refractivity contribution in [2.75, 3.05) is 32.3 Å². The minimum atomic E-state index is -1.02. The molecule has 1 aliphatic heterocycles. The van der Waals surface area contributed by atoms with Crippen LogP contribution in [0, 0.1) is 5.41 Å². The smallest absolute Gasteiger partial charge is 0.256 e. The predicted octanol–water partition coefficient (Wildman–Crippen LogP) is 3.79. The highest BCUT2D eigenvalue weighted by atomic mass is 35.5. The molecule has 1 aliphatic rings. The van der Waals surface area contributed by atoms with Crippen molar-refractivity contribution in [1.82, 2.24) is 0 Å². The molecule has 0 saturated carbocycles. The lowest BCUT2D eigenvalue weighted by molar-refractivity contribution is -0.134. The molecule has 7 nitrogen and oxygen atoms in total. The maximum atomic E-state index is 13.5. The summed E-state index contributed by atoms with van der Waals surface area (Å²) in [5.41, 5.74) is 1.32. The third-order valence-corrected chi connectivity index (χ3v) is 5.68. The van der Waals surface area contributed by atoms with Crippen LogP contribution in [0.15, 0.2) is 36.4 Å². The van der Waals surface area contributed by atoms with Gasteiger partial charge in [0, 0.05) is 46.8 Å². The van der Waals surface area contributed by atoms with Crippen molar-refractivity contribution in [2.45, 2.75) is 32.5 Å². The van der Waals surface area contributed by atoms with E-state index in [9.17, 15) is 14.7 Å². The number of hydrogen-bond donors (Lipinski definition) is 1. The highest BCUT2D eigenvalue weighted by Gasteiger charge is 2.39. The van der Waals surface area contributed by atoms with E-state index in [2.05, 4.69) is 0 Å². The summed E-state index contributed by atoms with van der Waals surface area (Å²) in [6.07, 6.45) is -1.21. The summed E-state index contributed by atoms with van der Waals surface area (Å²) in [5.74, 6) is 0.622. The largest absolute Gasteiger partial charge is 0.493 e. The number of ether oxygens (including phenoxy) is 3. The number of rotatable bonds is 8. The molecule has 1 amide bonds. The number of nitrogens with zero attached hydrogens (tertiary/aromatic N) is 1. The fourth-order valence-electron chi connectivity index (χ4n) is 3.81. The van der Waals surface area contributed by atoms with Gasteiger partial charge in [-0.1, -0.05) is 37.6 Å². The topological polar surface area (TPSA) is 85.3 Å². The minimum absolute atomic E-state index is 0.112. The van der Waals surface area contributed by atoms with Crippen LogP contribution in [0.2, 0.25) is 5.02 Å². The Morgan fingerprint density at radius 3 is 2.56 bits per heavy atom. The van der Waals surface area contributed by atoms with E-state index in [-0.39, 0.29) is 25.5 Å². The van der Waals surface area contributed by atoms with E-state index in [0.717, 1.165) is 0 Å². The molecule has 32 heavy (non-hydrogen) atoms. The number of aliphatic hydroxyl groups is 1. The lowest BCUT2D eigenvalue weighted by atomic mass is 9.92. The minimum Gasteiger partial charge on any atom is -0.493 e. The van der Waals surface area contributed by atoms with Gasteiger partial charge in [-0.2, -0.15) is 0 Å². The summed E-state index contributed by atoms with van der Waals surface area (Å²) in [7, 11) is 3.07. The lowest BCUT2D eigenvalue weighted by Gasteiger charge is -2.32. The SMILES string of the molecule is COc1cccc([C@H]2OC(CC=O)C(=O)N(CC(C)(C)CO)c3ccc(Cl)cc32)c1OC. The molecule has 1 unspecified atom stereocenters. The number of anilines is 1. The van der Waals surface area contributed by atoms with E-state index in [1.54, 1.807) is 35.2 Å². The van der Waals surface area contributed by atoms with Crippen LogP contribution in [0.1, 0.15) is 37.5 Å². The zero-order valence-corrected chi connectivity index (χ0v) is 19.4. The Balaban J connectivity index is 2.25. The number of aliphatic hydroxyl groups excluding tert-OH is 1. The first-order valence-corrected chi connectivity index (χ1v) is 10.7. The summed E-state index contributed by atoms with van der Waals surface area (Å²) < 4.78 is 17.3. The number of amides is 1. The van der Waals surface area contributed by atoms with Crippen LogP contribution in [0.3, 0.4) is 0 Å². The Kier molecular flexibility index (Phi) is 7.44. The van der Waals surface area contributed by atoms with Gasteiger partial charge in [0.05, 0.1) is 14.2 Å². The van der Waals surface area contributed by atoms with E-state index >= 15 is 0 Å². The Morgan fingerprint density at radius 1 is 1.19 bits per heavy atom. The third kappa shape index (κ3) is 4.75. The Bertz CT molecular complexity index is 992. The number of aldehydes is 1. The highest BCUT2D eigenvalue weighted by molar-refractivity contribution is 6.30. The number of carbonyl (C=O) groups excluding carboxylic acids is 2. The van der Waals surface area contributed by atoms with E-state index in [1.165, 1.54) is 14.2 Å². The van der Waals surface area contributed by atoms with Gasteiger partial charge >= 0.3 is 0 Å². The summed E-state index contributed by atoms with van der Waals surface area (Å²) in [6.45, 7) is 3.83. The zero-order chi connectivity index (χ0) is 23.5. The molecule has 0 radical (unpaired) electrons. The number of fused-ring (bicyclic) bond motifs is 1. The van der Waals surface area contributed by atoms with E-state index in [0.29, 0.717) is 39.6 Å². The zero-order valence-electron chi connectivity index (χ0n) is 18.6. The first-order chi connectivity index (χ1) is 15.3. The van der Waals surface area contributed by atoms with Crippen LogP contribution in [0.25, 0.3) is 0 Å². The fraction of sp³-hybridized carbons (Fsp3) is 0.417. The molecule has 0 aliphatic carbocycles. The number of halogens is 1. The Morgan fingerprint density at radius 2 is 1.94 bits per heavy atom. The summed E-state index contributed by atoms with van der Waals surface area (Å²) >= 11 is 6.35. The molecule has 0 aromatic heterocycles. The first-order valence-electron chi connectivity index (χ1n) is 10.3. The van der Waals surface area contributed by atoms with Crippen molar-refractivity contribution in [3.8, 4) is 11.5 Å². The molecule has 0 fully saturated rings. The number of hydrogen-bond acceptors (Lipinski definition) is 6. The molecule has 3 rings (SSSR count). The van der Waals surface area contributed by atoms with Gasteiger partial charge in [0.15, 0.2) is 11.5 Å². The summed E-state index contributed by atoms with van der Waals surface area (Å²) in [5, 5.41) is 10.3. The lowest BCUT2D eigenvalue weighted by Crippen LogP contribution is -2.45. The Labute approximate surface area is 192 Å². The second-order valence-electron chi connectivity index (χ2n) is 8.44. The van der Waals surface area contributed by atoms with Crippen LogP contribution in [-0.4, -0.2) is 50.8 Å². The Hall–Kier alpha value is -2.61.